The van der Waals surface area contributed by atoms with E-state index in [-0.39, 0.29) is 12.8 Å². The molecule has 7 heteroatoms. The number of rotatable bonds is 11. The van der Waals surface area contributed by atoms with E-state index >= 15 is 0 Å². The zero-order valence-corrected chi connectivity index (χ0v) is 15.4. The minimum absolute atomic E-state index is 0.139. The molecule has 0 saturated carbocycles. The lowest BCUT2D eigenvalue weighted by molar-refractivity contribution is -0.143. The van der Waals surface area contributed by atoms with Gasteiger partial charge >= 0.3 is 5.97 Å². The third-order valence-electron chi connectivity index (χ3n) is 4.27. The zero-order valence-electron chi connectivity index (χ0n) is 15.4. The van der Waals surface area contributed by atoms with Crippen molar-refractivity contribution in [2.24, 2.45) is 0 Å². The maximum atomic E-state index is 12.4. The Kier molecular flexibility index (Phi) is 8.75. The van der Waals surface area contributed by atoms with Crippen molar-refractivity contribution in [2.75, 3.05) is 0 Å². The molecule has 2 N–H and O–H groups in total. The van der Waals surface area contributed by atoms with Gasteiger partial charge in [0.15, 0.2) is 5.78 Å². The van der Waals surface area contributed by atoms with E-state index in [1.165, 1.54) is 12.5 Å². The van der Waals surface area contributed by atoms with E-state index in [4.69, 9.17) is 5.11 Å². The Labute approximate surface area is 153 Å². The molecule has 0 aromatic rings. The fourth-order valence-corrected chi connectivity index (χ4v) is 2.90. The average molecular weight is 365 g/mol. The van der Waals surface area contributed by atoms with Crippen molar-refractivity contribution < 1.29 is 29.4 Å². The summed E-state index contributed by atoms with van der Waals surface area (Å²) in [5, 5.41) is 19.0. The Hall–Kier alpha value is -2.44. The fourth-order valence-electron chi connectivity index (χ4n) is 2.90. The molecule has 0 fully saturated rings. The molecular weight excluding hydrogens is 338 g/mol. The molecule has 1 aliphatic heterocycles. The Morgan fingerprint density at radius 1 is 1.15 bits per heavy atom. The van der Waals surface area contributed by atoms with Crippen LogP contribution in [0, 0.1) is 0 Å². The number of carbonyl (C=O) groups excluding carboxylic acids is 3. The number of ketones is 1. The molecule has 1 atom stereocenters. The van der Waals surface area contributed by atoms with E-state index in [1.54, 1.807) is 6.08 Å². The maximum Gasteiger partial charge on any atom is 0.303 e. The number of allylic oxidation sites excluding steroid dienone is 1. The van der Waals surface area contributed by atoms with Gasteiger partial charge in [0.05, 0.1) is 6.04 Å². The number of aliphatic hydroxyl groups is 1. The van der Waals surface area contributed by atoms with Crippen molar-refractivity contribution in [2.45, 2.75) is 71.3 Å². The number of unbranched alkanes of at least 4 members (excludes halogenated alkanes) is 5. The molecule has 0 radical (unpaired) electrons. The molecule has 2 amide bonds. The molecule has 26 heavy (non-hydrogen) atoms. The monoisotopic (exact) mass is 365 g/mol. The predicted octanol–water partition coefficient (Wildman–Crippen LogP) is 2.91. The van der Waals surface area contributed by atoms with Crippen LogP contribution >= 0.6 is 0 Å². The van der Waals surface area contributed by atoms with E-state index in [0.717, 1.165) is 37.5 Å². The predicted molar refractivity (Wildman–Crippen MR) is 95.4 cm³/mol. The van der Waals surface area contributed by atoms with Crippen LogP contribution in [-0.4, -0.2) is 44.7 Å². The summed E-state index contributed by atoms with van der Waals surface area (Å²) >= 11 is 0. The van der Waals surface area contributed by atoms with Gasteiger partial charge in [0.25, 0.3) is 11.8 Å². The molecular formula is C19H27NO6. The van der Waals surface area contributed by atoms with Gasteiger partial charge in [-0.25, -0.2) is 0 Å². The van der Waals surface area contributed by atoms with E-state index in [0.29, 0.717) is 6.42 Å². The van der Waals surface area contributed by atoms with Crippen LogP contribution in [0.3, 0.4) is 0 Å². The van der Waals surface area contributed by atoms with Crippen molar-refractivity contribution in [1.29, 1.82) is 0 Å². The van der Waals surface area contributed by atoms with Crippen molar-refractivity contribution in [3.05, 3.63) is 23.5 Å². The number of aliphatic carboxylic acids is 1. The van der Waals surface area contributed by atoms with Crippen LogP contribution in [0.15, 0.2) is 23.5 Å². The van der Waals surface area contributed by atoms with Crippen LogP contribution in [0.1, 0.15) is 65.2 Å². The number of hydrogen-bond donors (Lipinski definition) is 2. The van der Waals surface area contributed by atoms with E-state index in [2.05, 4.69) is 6.92 Å². The van der Waals surface area contributed by atoms with Gasteiger partial charge in [-0.2, -0.15) is 0 Å². The van der Waals surface area contributed by atoms with Gasteiger partial charge in [0.1, 0.15) is 11.3 Å². The Morgan fingerprint density at radius 2 is 1.81 bits per heavy atom. The number of carboxylic acids is 1. The summed E-state index contributed by atoms with van der Waals surface area (Å²) in [5.74, 6) is -3.81. The van der Waals surface area contributed by atoms with E-state index < -0.39 is 40.9 Å². The van der Waals surface area contributed by atoms with Crippen molar-refractivity contribution in [1.82, 2.24) is 4.90 Å². The first kappa shape index (κ1) is 21.6. The number of aliphatic hydroxyl groups excluding tert-OH is 1. The lowest BCUT2D eigenvalue weighted by Gasteiger charge is -2.21. The van der Waals surface area contributed by atoms with E-state index in [9.17, 15) is 24.3 Å². The zero-order chi connectivity index (χ0) is 19.7. The second kappa shape index (κ2) is 10.5. The number of carbonyl (C=O) groups is 4. The Balaban J connectivity index is 2.77. The SMILES string of the molecule is CCCCCCC/C=C/C(=O)N1C(=O)C(C(C)=O)=C(O)C1CCC(=O)O. The van der Waals surface area contributed by atoms with Crippen molar-refractivity contribution >= 4 is 23.6 Å². The summed E-state index contributed by atoms with van der Waals surface area (Å²) in [7, 11) is 0. The van der Waals surface area contributed by atoms with Gasteiger partial charge < -0.3 is 10.2 Å². The number of amides is 2. The second-order valence-corrected chi connectivity index (χ2v) is 6.38. The van der Waals surface area contributed by atoms with Crippen LogP contribution in [-0.2, 0) is 19.2 Å². The van der Waals surface area contributed by atoms with Gasteiger partial charge in [0.2, 0.25) is 0 Å². The molecule has 0 saturated heterocycles. The quantitative estimate of drug-likeness (QED) is 0.331. The first-order chi connectivity index (χ1) is 12.3. The highest BCUT2D eigenvalue weighted by atomic mass is 16.4. The highest BCUT2D eigenvalue weighted by molar-refractivity contribution is 6.24. The third-order valence-corrected chi connectivity index (χ3v) is 4.27. The smallest absolute Gasteiger partial charge is 0.303 e. The van der Waals surface area contributed by atoms with Gasteiger partial charge in [-0.05, 0) is 32.3 Å². The van der Waals surface area contributed by atoms with Gasteiger partial charge in [-0.15, -0.1) is 0 Å². The molecule has 1 aliphatic rings. The summed E-state index contributed by atoms with van der Waals surface area (Å²) in [6, 6.07) is -1.11. The summed E-state index contributed by atoms with van der Waals surface area (Å²) in [5.41, 5.74) is -0.443. The minimum atomic E-state index is -1.11. The molecule has 0 aliphatic carbocycles. The number of carboxylic acid groups (broad SMARTS) is 1. The second-order valence-electron chi connectivity index (χ2n) is 6.38. The van der Waals surface area contributed by atoms with Gasteiger partial charge in [-0.1, -0.05) is 38.7 Å². The number of nitrogens with zero attached hydrogens (tertiary/aromatic N) is 1. The number of imide groups is 1. The highest BCUT2D eigenvalue weighted by Crippen LogP contribution is 2.28. The molecule has 0 aromatic heterocycles. The first-order valence-electron chi connectivity index (χ1n) is 9.01. The van der Waals surface area contributed by atoms with Crippen LogP contribution in [0.25, 0.3) is 0 Å². The lowest BCUT2D eigenvalue weighted by atomic mass is 10.1. The first-order valence-corrected chi connectivity index (χ1v) is 9.01. The number of hydrogen-bond acceptors (Lipinski definition) is 5. The Morgan fingerprint density at radius 3 is 2.38 bits per heavy atom. The molecule has 144 valence electrons. The Bertz CT molecular complexity index is 620. The van der Waals surface area contributed by atoms with Gasteiger partial charge in [-0.3, -0.25) is 24.1 Å². The van der Waals surface area contributed by atoms with Crippen LogP contribution in [0.2, 0.25) is 0 Å². The van der Waals surface area contributed by atoms with Crippen molar-refractivity contribution in [3.8, 4) is 0 Å². The highest BCUT2D eigenvalue weighted by Gasteiger charge is 2.44. The molecule has 0 aromatic carbocycles. The largest absolute Gasteiger partial charge is 0.509 e. The molecule has 1 unspecified atom stereocenters. The lowest BCUT2D eigenvalue weighted by Crippen LogP contribution is -2.40. The average Bonchev–Trinajstić information content (AvgIpc) is 2.82. The fraction of sp³-hybridized carbons (Fsp3) is 0.579. The van der Waals surface area contributed by atoms with Crippen LogP contribution < -0.4 is 0 Å². The number of Topliss-reactive ketones (excluding diaryl/α,β-unsaturated/α-hetero) is 1. The van der Waals surface area contributed by atoms with Crippen LogP contribution in [0.4, 0.5) is 0 Å². The maximum absolute atomic E-state index is 12.4. The standard InChI is InChI=1S/C19H27NO6/c1-3-4-5-6-7-8-9-10-15(22)20-14(11-12-16(23)24)18(25)17(13(2)21)19(20)26/h9-10,14,25H,3-8,11-12H2,1-2H3,(H,23,24)/b10-9+. The summed E-state index contributed by atoms with van der Waals surface area (Å²) in [6.45, 7) is 3.25. The molecule has 7 nitrogen and oxygen atoms in total. The molecule has 1 rings (SSSR count). The molecule has 0 spiro atoms. The normalized spacial score (nSPS) is 17.4. The molecule has 1 heterocycles. The summed E-state index contributed by atoms with van der Waals surface area (Å²) < 4.78 is 0. The van der Waals surface area contributed by atoms with E-state index in [1.807, 2.05) is 0 Å². The van der Waals surface area contributed by atoms with Crippen molar-refractivity contribution in [3.63, 3.8) is 0 Å². The van der Waals surface area contributed by atoms with Gasteiger partial charge in [0, 0.05) is 6.42 Å². The summed E-state index contributed by atoms with van der Waals surface area (Å²) in [6.07, 6.45) is 8.59. The summed E-state index contributed by atoms with van der Waals surface area (Å²) in [4.78, 5) is 47.9. The minimum Gasteiger partial charge on any atom is -0.509 e. The van der Waals surface area contributed by atoms with Crippen LogP contribution in [0.5, 0.6) is 0 Å². The topological polar surface area (TPSA) is 112 Å². The molecule has 0 bridgehead atoms. The third kappa shape index (κ3) is 5.82.